The van der Waals surface area contributed by atoms with Crippen LogP contribution in [0.1, 0.15) is 5.56 Å². The SMILES string of the molecule is CN1CCN(C)C(CNCc2cc(Cl)cc(Cl)c2O)C1. The summed E-state index contributed by atoms with van der Waals surface area (Å²) in [6.07, 6.45) is 0. The minimum atomic E-state index is 0.109. The van der Waals surface area contributed by atoms with Crippen molar-refractivity contribution in [1.82, 2.24) is 15.1 Å². The molecule has 1 aromatic carbocycles. The van der Waals surface area contributed by atoms with Gasteiger partial charge in [0.1, 0.15) is 5.75 Å². The molecule has 0 aromatic heterocycles. The fourth-order valence-electron chi connectivity index (χ4n) is 2.45. The summed E-state index contributed by atoms with van der Waals surface area (Å²) in [5.74, 6) is 0.109. The van der Waals surface area contributed by atoms with Crippen LogP contribution in [-0.2, 0) is 6.54 Å². The van der Waals surface area contributed by atoms with E-state index in [4.69, 9.17) is 23.2 Å². The van der Waals surface area contributed by atoms with E-state index in [-0.39, 0.29) is 5.75 Å². The summed E-state index contributed by atoms with van der Waals surface area (Å²) in [5, 5.41) is 14.1. The minimum Gasteiger partial charge on any atom is -0.506 e. The second kappa shape index (κ2) is 6.96. The molecule has 1 unspecified atom stereocenters. The molecule has 1 aliphatic rings. The Morgan fingerprint density at radius 3 is 2.80 bits per heavy atom. The number of benzene rings is 1. The van der Waals surface area contributed by atoms with E-state index < -0.39 is 0 Å². The predicted octanol–water partition coefficient (Wildman–Crippen LogP) is 2.03. The fourth-order valence-corrected chi connectivity index (χ4v) is 2.98. The van der Waals surface area contributed by atoms with E-state index >= 15 is 0 Å². The van der Waals surface area contributed by atoms with E-state index in [2.05, 4.69) is 29.2 Å². The minimum absolute atomic E-state index is 0.109. The number of piperazine rings is 1. The predicted molar refractivity (Wildman–Crippen MR) is 83.7 cm³/mol. The zero-order valence-electron chi connectivity index (χ0n) is 11.9. The number of aromatic hydroxyl groups is 1. The molecule has 1 aromatic rings. The number of halogens is 2. The lowest BCUT2D eigenvalue weighted by atomic mass is 10.1. The van der Waals surface area contributed by atoms with Crippen LogP contribution in [0.15, 0.2) is 12.1 Å². The van der Waals surface area contributed by atoms with Gasteiger partial charge in [0.2, 0.25) is 0 Å². The molecule has 1 atom stereocenters. The Labute approximate surface area is 130 Å². The molecule has 1 aliphatic heterocycles. The summed E-state index contributed by atoms with van der Waals surface area (Å²) in [4.78, 5) is 4.69. The molecule has 0 amide bonds. The normalized spacial score (nSPS) is 21.3. The van der Waals surface area contributed by atoms with Crippen LogP contribution in [0.5, 0.6) is 5.75 Å². The van der Waals surface area contributed by atoms with E-state index in [1.54, 1.807) is 12.1 Å². The molecular formula is C14H21Cl2N3O. The maximum absolute atomic E-state index is 9.90. The molecule has 0 radical (unpaired) electrons. The lowest BCUT2D eigenvalue weighted by Crippen LogP contribution is -2.53. The van der Waals surface area contributed by atoms with E-state index in [9.17, 15) is 5.11 Å². The maximum atomic E-state index is 9.90. The number of phenolic OH excluding ortho intramolecular Hbond substituents is 1. The largest absolute Gasteiger partial charge is 0.506 e. The molecule has 2 N–H and O–H groups in total. The lowest BCUT2D eigenvalue weighted by Gasteiger charge is -2.37. The molecule has 0 bridgehead atoms. The Morgan fingerprint density at radius 2 is 2.05 bits per heavy atom. The molecule has 0 spiro atoms. The van der Waals surface area contributed by atoms with Gasteiger partial charge in [-0.1, -0.05) is 23.2 Å². The highest BCUT2D eigenvalue weighted by atomic mass is 35.5. The number of rotatable bonds is 4. The summed E-state index contributed by atoms with van der Waals surface area (Å²) < 4.78 is 0. The maximum Gasteiger partial charge on any atom is 0.138 e. The summed E-state index contributed by atoms with van der Waals surface area (Å²) in [5.41, 5.74) is 0.731. The first-order valence-electron chi connectivity index (χ1n) is 6.73. The first-order valence-corrected chi connectivity index (χ1v) is 7.49. The Kier molecular flexibility index (Phi) is 5.52. The second-order valence-corrected chi connectivity index (χ2v) is 6.27. The van der Waals surface area contributed by atoms with Gasteiger partial charge in [0, 0.05) is 49.4 Å². The van der Waals surface area contributed by atoms with Crippen LogP contribution < -0.4 is 5.32 Å². The van der Waals surface area contributed by atoms with Gasteiger partial charge in [-0.15, -0.1) is 0 Å². The number of likely N-dealkylation sites (N-methyl/N-ethyl adjacent to an activating group) is 2. The third-order valence-corrected chi connectivity index (χ3v) is 4.29. The standard InChI is InChI=1S/C14H21Cl2N3O/c1-18-3-4-19(2)12(9-18)8-17-7-10-5-11(15)6-13(16)14(10)20/h5-6,12,17,20H,3-4,7-9H2,1-2H3. The van der Waals surface area contributed by atoms with Gasteiger partial charge in [0.05, 0.1) is 5.02 Å². The quantitative estimate of drug-likeness (QED) is 0.891. The lowest BCUT2D eigenvalue weighted by molar-refractivity contribution is 0.113. The molecular weight excluding hydrogens is 297 g/mol. The van der Waals surface area contributed by atoms with Crippen molar-refractivity contribution in [3.63, 3.8) is 0 Å². The van der Waals surface area contributed by atoms with Crippen molar-refractivity contribution in [3.05, 3.63) is 27.7 Å². The highest BCUT2D eigenvalue weighted by molar-refractivity contribution is 6.35. The van der Waals surface area contributed by atoms with Crippen LogP contribution in [0.2, 0.25) is 10.0 Å². The van der Waals surface area contributed by atoms with Gasteiger partial charge in [-0.2, -0.15) is 0 Å². The van der Waals surface area contributed by atoms with Crippen molar-refractivity contribution < 1.29 is 5.11 Å². The van der Waals surface area contributed by atoms with E-state index in [0.717, 1.165) is 31.7 Å². The van der Waals surface area contributed by atoms with Crippen LogP contribution in [0.3, 0.4) is 0 Å². The zero-order valence-corrected chi connectivity index (χ0v) is 13.4. The Morgan fingerprint density at radius 1 is 1.30 bits per heavy atom. The molecule has 2 rings (SSSR count). The van der Waals surface area contributed by atoms with E-state index in [1.807, 2.05) is 0 Å². The first-order chi connectivity index (χ1) is 9.47. The Hall–Kier alpha value is -0.520. The van der Waals surface area contributed by atoms with E-state index in [1.165, 1.54) is 0 Å². The monoisotopic (exact) mass is 317 g/mol. The van der Waals surface area contributed by atoms with Crippen molar-refractivity contribution in [1.29, 1.82) is 0 Å². The highest BCUT2D eigenvalue weighted by Crippen LogP contribution is 2.30. The smallest absolute Gasteiger partial charge is 0.138 e. The Bertz CT molecular complexity index is 470. The number of nitrogens with zero attached hydrogens (tertiary/aromatic N) is 2. The molecule has 0 saturated carbocycles. The molecule has 1 fully saturated rings. The Balaban J connectivity index is 1.89. The number of nitrogens with one attached hydrogen (secondary N) is 1. The van der Waals surface area contributed by atoms with Crippen molar-refractivity contribution in [2.24, 2.45) is 0 Å². The highest BCUT2D eigenvalue weighted by Gasteiger charge is 2.21. The molecule has 20 heavy (non-hydrogen) atoms. The molecule has 0 aliphatic carbocycles. The molecule has 4 nitrogen and oxygen atoms in total. The van der Waals surface area contributed by atoms with Gasteiger partial charge >= 0.3 is 0 Å². The van der Waals surface area contributed by atoms with Gasteiger partial charge < -0.3 is 15.3 Å². The molecule has 112 valence electrons. The topological polar surface area (TPSA) is 38.7 Å². The molecule has 1 heterocycles. The van der Waals surface area contributed by atoms with Gasteiger partial charge in [-0.05, 0) is 26.2 Å². The third-order valence-electron chi connectivity index (χ3n) is 3.78. The van der Waals surface area contributed by atoms with Crippen LogP contribution in [0.4, 0.5) is 0 Å². The summed E-state index contributed by atoms with van der Waals surface area (Å²) in [6.45, 7) is 4.66. The van der Waals surface area contributed by atoms with Gasteiger partial charge in [-0.3, -0.25) is 4.90 Å². The van der Waals surface area contributed by atoms with Crippen LogP contribution >= 0.6 is 23.2 Å². The third kappa shape index (κ3) is 3.99. The first kappa shape index (κ1) is 15.9. The van der Waals surface area contributed by atoms with Crippen LogP contribution in [0.25, 0.3) is 0 Å². The molecule has 1 saturated heterocycles. The number of hydrogen-bond acceptors (Lipinski definition) is 4. The van der Waals surface area contributed by atoms with Crippen molar-refractivity contribution >= 4 is 23.2 Å². The van der Waals surface area contributed by atoms with Crippen molar-refractivity contribution in [2.45, 2.75) is 12.6 Å². The average molecular weight is 318 g/mol. The summed E-state index contributed by atoms with van der Waals surface area (Å²) in [7, 11) is 4.29. The fraction of sp³-hybridized carbons (Fsp3) is 0.571. The number of phenols is 1. The van der Waals surface area contributed by atoms with Crippen molar-refractivity contribution in [3.8, 4) is 5.75 Å². The average Bonchev–Trinajstić information content (AvgIpc) is 2.39. The van der Waals surface area contributed by atoms with Gasteiger partial charge in [0.25, 0.3) is 0 Å². The summed E-state index contributed by atoms with van der Waals surface area (Å²) >= 11 is 11.9. The van der Waals surface area contributed by atoms with Crippen LogP contribution in [-0.4, -0.2) is 61.2 Å². The van der Waals surface area contributed by atoms with Crippen LogP contribution in [0, 0.1) is 0 Å². The number of hydrogen-bond donors (Lipinski definition) is 2. The zero-order chi connectivity index (χ0) is 14.7. The van der Waals surface area contributed by atoms with Crippen molar-refractivity contribution in [2.75, 3.05) is 40.3 Å². The summed E-state index contributed by atoms with van der Waals surface area (Å²) in [6, 6.07) is 3.77. The second-order valence-electron chi connectivity index (χ2n) is 5.42. The van der Waals surface area contributed by atoms with Gasteiger partial charge in [0.15, 0.2) is 0 Å². The van der Waals surface area contributed by atoms with Gasteiger partial charge in [-0.25, -0.2) is 0 Å². The molecule has 6 heteroatoms. The van der Waals surface area contributed by atoms with E-state index in [0.29, 0.717) is 22.6 Å².